The van der Waals surface area contributed by atoms with Crippen LogP contribution in [0.3, 0.4) is 0 Å². The van der Waals surface area contributed by atoms with Crippen LogP contribution in [0, 0.1) is 0 Å². The molecule has 24 heavy (non-hydrogen) atoms. The average molecular weight is 344 g/mol. The minimum absolute atomic E-state index is 0.0171. The molecule has 0 aliphatic heterocycles. The first-order chi connectivity index (χ1) is 11.3. The molecule has 0 bridgehead atoms. The Bertz CT molecular complexity index is 768. The topological polar surface area (TPSA) is 74.5 Å². The van der Waals surface area contributed by atoms with Gasteiger partial charge in [-0.1, -0.05) is 0 Å². The van der Waals surface area contributed by atoms with Crippen molar-refractivity contribution in [3.05, 3.63) is 17.3 Å². The molecule has 0 spiro atoms. The highest BCUT2D eigenvalue weighted by molar-refractivity contribution is 5.76. The van der Waals surface area contributed by atoms with Crippen molar-refractivity contribution < 1.29 is 31.9 Å². The Morgan fingerprint density at radius 1 is 1.42 bits per heavy atom. The van der Waals surface area contributed by atoms with E-state index < -0.39 is 35.4 Å². The van der Waals surface area contributed by atoms with E-state index >= 15 is 0 Å². The van der Waals surface area contributed by atoms with Crippen LogP contribution in [0.5, 0.6) is 6.08 Å². The molecule has 1 atom stereocenters. The third-order valence-corrected chi connectivity index (χ3v) is 3.56. The zero-order chi connectivity index (χ0) is 17.5. The number of nitrogens with zero attached hydrogens (tertiary/aromatic N) is 2. The monoisotopic (exact) mass is 344 g/mol. The molecule has 0 amide bonds. The number of halogens is 3. The van der Waals surface area contributed by atoms with Crippen molar-refractivity contribution in [1.29, 1.82) is 0 Å². The number of fused-ring (bicyclic) bond motifs is 1. The number of pyridine rings is 1. The number of aromatic nitrogens is 2. The van der Waals surface area contributed by atoms with E-state index in [0.717, 1.165) is 18.9 Å². The molecule has 1 aliphatic carbocycles. The summed E-state index contributed by atoms with van der Waals surface area (Å²) in [6.45, 7) is 3.17. The van der Waals surface area contributed by atoms with E-state index in [4.69, 9.17) is 13.9 Å². The Morgan fingerprint density at radius 2 is 2.12 bits per heavy atom. The lowest BCUT2D eigenvalue weighted by Crippen LogP contribution is -2.26. The second-order valence-corrected chi connectivity index (χ2v) is 5.51. The lowest BCUT2D eigenvalue weighted by molar-refractivity contribution is -0.151. The van der Waals surface area contributed by atoms with Crippen LogP contribution in [0.1, 0.15) is 43.9 Å². The minimum atomic E-state index is -4.59. The molecule has 3 rings (SSSR count). The normalized spacial score (nSPS) is 16.2. The molecule has 1 aliphatic rings. The Balaban J connectivity index is 1.96. The highest BCUT2D eigenvalue weighted by Gasteiger charge is 2.38. The summed E-state index contributed by atoms with van der Waals surface area (Å²) in [4.78, 5) is 19.3. The molecule has 0 radical (unpaired) electrons. The molecule has 6 nitrogen and oxygen atoms in total. The first-order valence-electron chi connectivity index (χ1n) is 7.51. The van der Waals surface area contributed by atoms with Gasteiger partial charge in [0, 0.05) is 11.6 Å². The van der Waals surface area contributed by atoms with Crippen molar-refractivity contribution >= 4 is 17.2 Å². The van der Waals surface area contributed by atoms with Crippen molar-refractivity contribution in [2.45, 2.75) is 44.9 Å². The fourth-order valence-electron chi connectivity index (χ4n) is 2.22. The predicted octanol–water partition coefficient (Wildman–Crippen LogP) is 3.45. The molecular formula is C15H15F3N2O4. The van der Waals surface area contributed by atoms with Gasteiger partial charge in [0.25, 0.3) is 5.71 Å². The van der Waals surface area contributed by atoms with Gasteiger partial charge >= 0.3 is 18.2 Å². The Hall–Kier alpha value is -2.32. The SMILES string of the molecule is CCOC(=O)C(C)Oc1nc2c(C(F)(F)F)cc(C3CC3)nc2o1. The first-order valence-corrected chi connectivity index (χ1v) is 7.51. The van der Waals surface area contributed by atoms with Gasteiger partial charge in [-0.05, 0) is 32.8 Å². The van der Waals surface area contributed by atoms with Crippen molar-refractivity contribution in [2.75, 3.05) is 6.61 Å². The number of oxazole rings is 1. The summed E-state index contributed by atoms with van der Waals surface area (Å²) in [6.07, 6.45) is -4.50. The van der Waals surface area contributed by atoms with Crippen LogP contribution >= 0.6 is 0 Å². The third-order valence-electron chi connectivity index (χ3n) is 3.56. The molecule has 0 saturated heterocycles. The molecule has 2 heterocycles. The number of rotatable bonds is 5. The van der Waals surface area contributed by atoms with E-state index in [-0.39, 0.29) is 18.2 Å². The van der Waals surface area contributed by atoms with Gasteiger partial charge in [-0.3, -0.25) is 0 Å². The first kappa shape index (κ1) is 16.5. The van der Waals surface area contributed by atoms with E-state index in [0.29, 0.717) is 5.69 Å². The molecule has 9 heteroatoms. The second-order valence-electron chi connectivity index (χ2n) is 5.51. The fourth-order valence-corrected chi connectivity index (χ4v) is 2.22. The summed E-state index contributed by atoms with van der Waals surface area (Å²) in [6, 6.07) is 1.00. The van der Waals surface area contributed by atoms with E-state index in [2.05, 4.69) is 9.97 Å². The summed E-state index contributed by atoms with van der Waals surface area (Å²) in [5.74, 6) is -0.647. The molecular weight excluding hydrogens is 329 g/mol. The largest absolute Gasteiger partial charge is 0.463 e. The van der Waals surface area contributed by atoms with E-state index in [9.17, 15) is 18.0 Å². The zero-order valence-electron chi connectivity index (χ0n) is 13.0. The number of hydrogen-bond donors (Lipinski definition) is 0. The van der Waals surface area contributed by atoms with Crippen molar-refractivity contribution in [3.63, 3.8) is 0 Å². The van der Waals surface area contributed by atoms with Crippen LogP contribution in [0.4, 0.5) is 13.2 Å². The Morgan fingerprint density at radius 3 is 2.71 bits per heavy atom. The zero-order valence-corrected chi connectivity index (χ0v) is 13.0. The molecule has 0 aromatic carbocycles. The van der Waals surface area contributed by atoms with E-state index in [1.807, 2.05) is 0 Å². The summed E-state index contributed by atoms with van der Waals surface area (Å²) >= 11 is 0. The highest BCUT2D eigenvalue weighted by atomic mass is 19.4. The molecule has 2 aromatic heterocycles. The van der Waals surface area contributed by atoms with Gasteiger partial charge in [0.1, 0.15) is 5.52 Å². The standard InChI is InChI=1S/C15H15F3N2O4/c1-3-22-13(21)7(2)23-14-20-11-9(15(16,17)18)6-10(8-4-5-8)19-12(11)24-14/h6-8H,3-5H2,1-2H3. The summed E-state index contributed by atoms with van der Waals surface area (Å²) in [5, 5.41) is 0. The number of carbonyl (C=O) groups is 1. The Kier molecular flexibility index (Phi) is 4.10. The number of ether oxygens (including phenoxy) is 2. The molecule has 2 aromatic rings. The smallest absolute Gasteiger partial charge is 0.418 e. The quantitative estimate of drug-likeness (QED) is 0.774. The van der Waals surface area contributed by atoms with Crippen LogP contribution in [-0.4, -0.2) is 28.6 Å². The molecule has 1 unspecified atom stereocenters. The van der Waals surface area contributed by atoms with Crippen LogP contribution in [0.15, 0.2) is 10.5 Å². The van der Waals surface area contributed by atoms with Crippen LogP contribution in [0.25, 0.3) is 11.2 Å². The van der Waals surface area contributed by atoms with Crippen LogP contribution < -0.4 is 4.74 Å². The van der Waals surface area contributed by atoms with Gasteiger partial charge in [-0.2, -0.15) is 18.2 Å². The summed E-state index contributed by atoms with van der Waals surface area (Å²) in [5.41, 5.74) is -1.27. The molecule has 1 fully saturated rings. The highest BCUT2D eigenvalue weighted by Crippen LogP contribution is 2.43. The van der Waals surface area contributed by atoms with Gasteiger partial charge in [-0.15, -0.1) is 0 Å². The summed E-state index contributed by atoms with van der Waals surface area (Å²) < 4.78 is 54.8. The number of esters is 1. The number of carbonyl (C=O) groups excluding carboxylic acids is 1. The van der Waals surface area contributed by atoms with Gasteiger partial charge < -0.3 is 13.9 Å². The van der Waals surface area contributed by atoms with E-state index in [1.165, 1.54) is 6.92 Å². The maximum absolute atomic E-state index is 13.3. The van der Waals surface area contributed by atoms with Crippen molar-refractivity contribution in [3.8, 4) is 6.08 Å². The van der Waals surface area contributed by atoms with Gasteiger partial charge in [0.2, 0.25) is 0 Å². The minimum Gasteiger partial charge on any atom is -0.463 e. The van der Waals surface area contributed by atoms with Crippen LogP contribution in [-0.2, 0) is 15.7 Å². The average Bonchev–Trinajstić information content (AvgIpc) is 3.26. The van der Waals surface area contributed by atoms with Gasteiger partial charge in [0.05, 0.1) is 12.2 Å². The van der Waals surface area contributed by atoms with Gasteiger partial charge in [-0.25, -0.2) is 9.78 Å². The van der Waals surface area contributed by atoms with E-state index in [1.54, 1.807) is 6.92 Å². The molecule has 0 N–H and O–H groups in total. The van der Waals surface area contributed by atoms with Gasteiger partial charge in [0.15, 0.2) is 6.10 Å². The van der Waals surface area contributed by atoms with Crippen molar-refractivity contribution in [1.82, 2.24) is 9.97 Å². The molecule has 130 valence electrons. The summed E-state index contributed by atoms with van der Waals surface area (Å²) in [7, 11) is 0. The lowest BCUT2D eigenvalue weighted by atomic mass is 10.1. The number of alkyl halides is 3. The maximum atomic E-state index is 13.3. The second kappa shape index (κ2) is 5.95. The Labute approximate surface area is 135 Å². The lowest BCUT2D eigenvalue weighted by Gasteiger charge is -2.09. The predicted molar refractivity (Wildman–Crippen MR) is 75.5 cm³/mol. The van der Waals surface area contributed by atoms with Crippen molar-refractivity contribution in [2.24, 2.45) is 0 Å². The number of hydrogen-bond acceptors (Lipinski definition) is 6. The van der Waals surface area contributed by atoms with Crippen LogP contribution in [0.2, 0.25) is 0 Å². The maximum Gasteiger partial charge on any atom is 0.418 e. The third kappa shape index (κ3) is 3.29. The fraction of sp³-hybridized carbons (Fsp3) is 0.533. The molecule has 1 saturated carbocycles.